The molecule has 0 saturated heterocycles. The first kappa shape index (κ1) is 13.2. The Morgan fingerprint density at radius 3 is 2.56 bits per heavy atom. The van der Waals surface area contributed by atoms with E-state index in [2.05, 4.69) is 10.4 Å². The van der Waals surface area contributed by atoms with Crippen LogP contribution in [0.15, 0.2) is 24.4 Å². The highest BCUT2D eigenvalue weighted by molar-refractivity contribution is 6.35. The van der Waals surface area contributed by atoms with Crippen LogP contribution in [-0.2, 0) is 13.5 Å². The van der Waals surface area contributed by atoms with Crippen molar-refractivity contribution in [1.82, 2.24) is 9.78 Å². The van der Waals surface area contributed by atoms with Gasteiger partial charge in [0.1, 0.15) is 0 Å². The second kappa shape index (κ2) is 5.59. The number of anilines is 1. The van der Waals surface area contributed by atoms with Gasteiger partial charge in [-0.2, -0.15) is 5.10 Å². The highest BCUT2D eigenvalue weighted by Gasteiger charge is 2.07. The Kier molecular flexibility index (Phi) is 4.09. The van der Waals surface area contributed by atoms with Crippen molar-refractivity contribution in [3.63, 3.8) is 0 Å². The van der Waals surface area contributed by atoms with E-state index in [0.29, 0.717) is 12.2 Å². The normalized spacial score (nSPS) is 10.7. The van der Waals surface area contributed by atoms with Crippen molar-refractivity contribution in [2.75, 3.05) is 11.9 Å². The van der Waals surface area contributed by atoms with E-state index < -0.39 is 5.82 Å². The van der Waals surface area contributed by atoms with E-state index >= 15 is 0 Å². The number of aryl methyl sites for hydroxylation is 1. The zero-order valence-electron chi connectivity index (χ0n) is 9.75. The Balaban J connectivity index is 1.97. The van der Waals surface area contributed by atoms with Crippen molar-refractivity contribution < 1.29 is 4.39 Å². The lowest BCUT2D eigenvalue weighted by molar-refractivity contribution is 0.629. The number of nitrogens with one attached hydrogen (secondary N) is 1. The molecule has 0 bridgehead atoms. The zero-order valence-corrected chi connectivity index (χ0v) is 11.3. The van der Waals surface area contributed by atoms with E-state index in [1.54, 1.807) is 6.20 Å². The fourth-order valence-corrected chi connectivity index (χ4v) is 2.13. The van der Waals surface area contributed by atoms with Crippen LogP contribution in [0.2, 0.25) is 10.0 Å². The summed E-state index contributed by atoms with van der Waals surface area (Å²) in [6, 6.07) is 4.99. The Morgan fingerprint density at radius 1 is 1.33 bits per heavy atom. The molecule has 3 nitrogen and oxygen atoms in total. The van der Waals surface area contributed by atoms with Crippen LogP contribution >= 0.6 is 23.2 Å². The number of nitrogens with zero attached hydrogens (tertiary/aromatic N) is 2. The quantitative estimate of drug-likeness (QED) is 0.872. The molecule has 0 spiro atoms. The van der Waals surface area contributed by atoms with Gasteiger partial charge in [0.25, 0.3) is 0 Å². The summed E-state index contributed by atoms with van der Waals surface area (Å²) in [5.41, 5.74) is 1.82. The Labute approximate surface area is 115 Å². The van der Waals surface area contributed by atoms with Crippen molar-refractivity contribution in [3.05, 3.63) is 46.0 Å². The maximum Gasteiger partial charge on any atom is 0.160 e. The Hall–Kier alpha value is -1.26. The lowest BCUT2D eigenvalue weighted by Gasteiger charge is -2.08. The first-order valence-electron chi connectivity index (χ1n) is 5.43. The fraction of sp³-hybridized carbons (Fsp3) is 0.250. The van der Waals surface area contributed by atoms with E-state index in [9.17, 15) is 4.39 Å². The molecule has 0 aliphatic heterocycles. The summed E-state index contributed by atoms with van der Waals surface area (Å²) in [5, 5.41) is 7.26. The molecule has 1 heterocycles. The minimum atomic E-state index is -0.587. The van der Waals surface area contributed by atoms with Crippen LogP contribution in [0, 0.1) is 5.82 Å². The fourth-order valence-electron chi connectivity index (χ4n) is 1.64. The SMILES string of the molecule is Cn1nccc1CCNc1cc(Cl)c(F)c(Cl)c1. The first-order valence-corrected chi connectivity index (χ1v) is 6.19. The van der Waals surface area contributed by atoms with Crippen molar-refractivity contribution in [3.8, 4) is 0 Å². The van der Waals surface area contributed by atoms with Crippen LogP contribution in [0.5, 0.6) is 0 Å². The molecule has 1 aromatic carbocycles. The van der Waals surface area contributed by atoms with Crippen molar-refractivity contribution >= 4 is 28.9 Å². The van der Waals surface area contributed by atoms with Gasteiger partial charge in [-0.15, -0.1) is 0 Å². The summed E-state index contributed by atoms with van der Waals surface area (Å²) >= 11 is 11.4. The van der Waals surface area contributed by atoms with E-state index in [-0.39, 0.29) is 10.0 Å². The van der Waals surface area contributed by atoms with Gasteiger partial charge in [-0.3, -0.25) is 4.68 Å². The second-order valence-electron chi connectivity index (χ2n) is 3.88. The van der Waals surface area contributed by atoms with Crippen molar-refractivity contribution in [2.24, 2.45) is 7.05 Å². The third kappa shape index (κ3) is 2.94. The van der Waals surface area contributed by atoms with Gasteiger partial charge in [-0.1, -0.05) is 23.2 Å². The van der Waals surface area contributed by atoms with Crippen LogP contribution in [0.25, 0.3) is 0 Å². The smallest absolute Gasteiger partial charge is 0.160 e. The minimum absolute atomic E-state index is 0.0190. The number of halogens is 3. The van der Waals surface area contributed by atoms with Crippen LogP contribution in [-0.4, -0.2) is 16.3 Å². The monoisotopic (exact) mass is 287 g/mol. The first-order chi connectivity index (χ1) is 8.58. The lowest BCUT2D eigenvalue weighted by atomic mass is 10.2. The molecule has 0 radical (unpaired) electrons. The number of hydrogen-bond donors (Lipinski definition) is 1. The second-order valence-corrected chi connectivity index (χ2v) is 4.69. The van der Waals surface area contributed by atoms with Gasteiger partial charge in [-0.25, -0.2) is 4.39 Å². The molecular weight excluding hydrogens is 276 g/mol. The van der Waals surface area contributed by atoms with E-state index in [1.165, 1.54) is 12.1 Å². The Morgan fingerprint density at radius 2 is 2.00 bits per heavy atom. The largest absolute Gasteiger partial charge is 0.385 e. The number of benzene rings is 1. The predicted octanol–water partition coefficient (Wildman–Crippen LogP) is 3.52. The van der Waals surface area contributed by atoms with Gasteiger partial charge < -0.3 is 5.32 Å². The maximum atomic E-state index is 13.2. The maximum absolute atomic E-state index is 13.2. The third-order valence-corrected chi connectivity index (χ3v) is 3.17. The molecule has 2 aromatic rings. The van der Waals surface area contributed by atoms with Crippen LogP contribution < -0.4 is 5.32 Å². The standard InChI is InChI=1S/C12H12Cl2FN3/c1-18-9(3-5-17-18)2-4-16-8-6-10(13)12(15)11(14)7-8/h3,5-7,16H,2,4H2,1H3. The van der Waals surface area contributed by atoms with Crippen LogP contribution in [0.4, 0.5) is 10.1 Å². The van der Waals surface area contributed by atoms with Crippen molar-refractivity contribution in [2.45, 2.75) is 6.42 Å². The van der Waals surface area contributed by atoms with E-state index in [0.717, 1.165) is 12.1 Å². The number of hydrogen-bond acceptors (Lipinski definition) is 2. The molecule has 0 aliphatic carbocycles. The molecule has 0 atom stereocenters. The predicted molar refractivity (Wildman–Crippen MR) is 71.8 cm³/mol. The van der Waals surface area contributed by atoms with E-state index in [4.69, 9.17) is 23.2 Å². The highest BCUT2D eigenvalue weighted by atomic mass is 35.5. The number of rotatable bonds is 4. The van der Waals surface area contributed by atoms with Gasteiger partial charge >= 0.3 is 0 Å². The highest BCUT2D eigenvalue weighted by Crippen LogP contribution is 2.27. The zero-order chi connectivity index (χ0) is 13.1. The molecule has 0 saturated carbocycles. The average molecular weight is 288 g/mol. The minimum Gasteiger partial charge on any atom is -0.385 e. The van der Waals surface area contributed by atoms with Gasteiger partial charge in [0.15, 0.2) is 5.82 Å². The molecule has 18 heavy (non-hydrogen) atoms. The molecule has 0 fully saturated rings. The van der Waals surface area contributed by atoms with E-state index in [1.807, 2.05) is 17.8 Å². The molecule has 0 unspecified atom stereocenters. The molecule has 6 heteroatoms. The molecular formula is C12H12Cl2FN3. The number of aromatic nitrogens is 2. The van der Waals surface area contributed by atoms with Gasteiger partial charge in [0.05, 0.1) is 10.0 Å². The molecule has 96 valence electrons. The van der Waals surface area contributed by atoms with Crippen LogP contribution in [0.3, 0.4) is 0 Å². The molecule has 1 N–H and O–H groups in total. The van der Waals surface area contributed by atoms with Gasteiger partial charge in [-0.05, 0) is 18.2 Å². The molecule has 1 aromatic heterocycles. The topological polar surface area (TPSA) is 29.9 Å². The summed E-state index contributed by atoms with van der Waals surface area (Å²) < 4.78 is 15.0. The lowest BCUT2D eigenvalue weighted by Crippen LogP contribution is -2.08. The molecule has 2 rings (SSSR count). The summed E-state index contributed by atoms with van der Waals surface area (Å²) in [4.78, 5) is 0. The average Bonchev–Trinajstić information content (AvgIpc) is 2.72. The third-order valence-electron chi connectivity index (χ3n) is 2.62. The summed E-state index contributed by atoms with van der Waals surface area (Å²) in [7, 11) is 1.89. The van der Waals surface area contributed by atoms with Crippen molar-refractivity contribution in [1.29, 1.82) is 0 Å². The van der Waals surface area contributed by atoms with Gasteiger partial charge in [0.2, 0.25) is 0 Å². The van der Waals surface area contributed by atoms with Crippen LogP contribution in [0.1, 0.15) is 5.69 Å². The Bertz CT molecular complexity index is 531. The molecule has 0 aliphatic rings. The molecule has 0 amide bonds. The summed E-state index contributed by atoms with van der Waals surface area (Å²) in [6.45, 7) is 0.692. The summed E-state index contributed by atoms with van der Waals surface area (Å²) in [5.74, 6) is -0.587. The van der Waals surface area contributed by atoms with Gasteiger partial charge in [0, 0.05) is 37.6 Å². The summed E-state index contributed by atoms with van der Waals surface area (Å²) in [6.07, 6.45) is 2.56.